The molecular weight excluding hydrogens is 357 g/mol. The number of hydrogen-bond acceptors (Lipinski definition) is 6. The van der Waals surface area contributed by atoms with Crippen molar-refractivity contribution in [1.82, 2.24) is 10.0 Å². The zero-order valence-electron chi connectivity index (χ0n) is 12.6. The van der Waals surface area contributed by atoms with Gasteiger partial charge in [-0.25, -0.2) is 14.4 Å². The first-order valence-corrected chi connectivity index (χ1v) is 7.20. The van der Waals surface area contributed by atoms with Crippen LogP contribution < -0.4 is 5.73 Å². The number of benzene rings is 1. The Morgan fingerprint density at radius 1 is 1.36 bits per heavy atom. The number of nitrogens with two attached hydrogens (primary N) is 1. The maximum Gasteiger partial charge on any atom is 0.299 e. The van der Waals surface area contributed by atoms with Crippen molar-refractivity contribution in [3.05, 3.63) is 57.6 Å². The van der Waals surface area contributed by atoms with Crippen molar-refractivity contribution in [3.63, 3.8) is 0 Å². The highest BCUT2D eigenvalue weighted by Crippen LogP contribution is 2.25. The summed E-state index contributed by atoms with van der Waals surface area (Å²) in [5, 5.41) is 29.2. The Morgan fingerprint density at radius 3 is 2.60 bits per heavy atom. The van der Waals surface area contributed by atoms with Gasteiger partial charge in [0, 0.05) is 11.8 Å². The Hall–Kier alpha value is -2.75. The van der Waals surface area contributed by atoms with E-state index in [0.29, 0.717) is 5.56 Å². The maximum atomic E-state index is 13.1. The van der Waals surface area contributed by atoms with E-state index in [9.17, 15) is 29.4 Å². The molecule has 0 aliphatic heterocycles. The molecule has 0 aliphatic rings. The number of amides is 2. The van der Waals surface area contributed by atoms with Crippen molar-refractivity contribution < 1.29 is 29.4 Å². The van der Waals surface area contributed by atoms with E-state index >= 15 is 0 Å². The first-order chi connectivity index (χ1) is 11.8. The van der Waals surface area contributed by atoms with Crippen LogP contribution in [-0.2, 0) is 13.2 Å². The molecule has 2 aromatic rings. The van der Waals surface area contributed by atoms with Crippen molar-refractivity contribution >= 4 is 23.4 Å². The first-order valence-electron chi connectivity index (χ1n) is 6.82. The lowest BCUT2D eigenvalue weighted by Crippen LogP contribution is -2.28. The van der Waals surface area contributed by atoms with Crippen LogP contribution >= 0.6 is 11.6 Å². The van der Waals surface area contributed by atoms with Gasteiger partial charge in [-0.15, -0.1) is 0 Å². The van der Waals surface area contributed by atoms with E-state index in [1.165, 1.54) is 12.1 Å². The molecule has 5 N–H and O–H groups in total. The van der Waals surface area contributed by atoms with Gasteiger partial charge in [-0.2, -0.15) is 0 Å². The molecule has 8 nitrogen and oxygen atoms in total. The Balaban J connectivity index is 2.30. The normalized spacial score (nSPS) is 10.6. The number of rotatable bonds is 5. The first kappa shape index (κ1) is 18.6. The van der Waals surface area contributed by atoms with Gasteiger partial charge < -0.3 is 15.9 Å². The van der Waals surface area contributed by atoms with Gasteiger partial charge >= 0.3 is 0 Å². The van der Waals surface area contributed by atoms with E-state index in [1.807, 2.05) is 0 Å². The summed E-state index contributed by atoms with van der Waals surface area (Å²) < 4.78 is 13.1. The van der Waals surface area contributed by atoms with Crippen molar-refractivity contribution in [2.24, 2.45) is 5.73 Å². The molecular formula is C15H13ClFN3O5. The largest absolute Gasteiger partial charge is 0.505 e. The van der Waals surface area contributed by atoms with Gasteiger partial charge in [0.05, 0.1) is 23.7 Å². The molecule has 1 aromatic carbocycles. The highest BCUT2D eigenvalue weighted by Gasteiger charge is 2.24. The molecule has 132 valence electrons. The summed E-state index contributed by atoms with van der Waals surface area (Å²) in [5.41, 5.74) is 4.26. The number of nitrogens with zero attached hydrogens (tertiary/aromatic N) is 2. The number of carbonyl (C=O) groups is 2. The van der Waals surface area contributed by atoms with E-state index in [4.69, 9.17) is 17.3 Å². The third-order valence-electron chi connectivity index (χ3n) is 3.33. The molecule has 0 aliphatic carbocycles. The minimum absolute atomic E-state index is 0.187. The lowest BCUT2D eigenvalue weighted by Gasteiger charge is -2.17. The molecule has 0 spiro atoms. The number of hydrogen-bond donors (Lipinski definition) is 4. The number of pyridine rings is 1. The van der Waals surface area contributed by atoms with E-state index in [2.05, 4.69) is 4.98 Å². The highest BCUT2D eigenvalue weighted by molar-refractivity contribution is 6.30. The quantitative estimate of drug-likeness (QED) is 0.461. The average molecular weight is 370 g/mol. The monoisotopic (exact) mass is 369 g/mol. The zero-order valence-corrected chi connectivity index (χ0v) is 13.4. The number of carbonyl (C=O) groups excluding carboxylic acids is 2. The van der Waals surface area contributed by atoms with Gasteiger partial charge in [0.1, 0.15) is 5.82 Å². The summed E-state index contributed by atoms with van der Waals surface area (Å²) in [6.07, 6.45) is 0.906. The predicted octanol–water partition coefficient (Wildman–Crippen LogP) is 1.20. The second-order valence-electron chi connectivity index (χ2n) is 4.98. The second-order valence-corrected chi connectivity index (χ2v) is 5.39. The summed E-state index contributed by atoms with van der Waals surface area (Å²) >= 11 is 5.62. The van der Waals surface area contributed by atoms with Crippen LogP contribution in [0.2, 0.25) is 5.02 Å². The van der Waals surface area contributed by atoms with E-state index in [0.717, 1.165) is 12.3 Å². The van der Waals surface area contributed by atoms with E-state index < -0.39 is 35.7 Å². The number of aliphatic hydroxyl groups excluding tert-OH is 1. The van der Waals surface area contributed by atoms with Crippen LogP contribution in [0.4, 0.5) is 4.39 Å². The number of aromatic hydroxyl groups is 1. The Labute approximate surface area is 145 Å². The van der Waals surface area contributed by atoms with Gasteiger partial charge in [-0.1, -0.05) is 17.7 Å². The summed E-state index contributed by atoms with van der Waals surface area (Å²) in [7, 11) is 0. The molecule has 1 aromatic heterocycles. The van der Waals surface area contributed by atoms with Crippen molar-refractivity contribution in [1.29, 1.82) is 0 Å². The number of hydroxylamine groups is 2. The summed E-state index contributed by atoms with van der Waals surface area (Å²) in [6.45, 7) is -1.14. The molecule has 0 saturated heterocycles. The third kappa shape index (κ3) is 3.85. The molecule has 0 fully saturated rings. The van der Waals surface area contributed by atoms with Crippen LogP contribution in [0.1, 0.15) is 32.0 Å². The Kier molecular flexibility index (Phi) is 5.52. The Morgan fingerprint density at radius 2 is 2.04 bits per heavy atom. The summed E-state index contributed by atoms with van der Waals surface area (Å²) in [4.78, 5) is 27.0. The minimum atomic E-state index is -1.11. The standard InChI is InChI=1S/C15H13ClFN3O5/c16-10-3-7(1-2-11(10)17)5-20(25)15(24)12-13(22)9(6-21)8(4-19-12)14(18)23/h1-4,21-22,25H,5-6H2,(H2,18,23). The van der Waals surface area contributed by atoms with Crippen molar-refractivity contribution in [2.45, 2.75) is 13.2 Å². The number of aliphatic hydroxyl groups is 1. The van der Waals surface area contributed by atoms with Crippen LogP contribution in [0.3, 0.4) is 0 Å². The molecule has 0 radical (unpaired) electrons. The molecule has 10 heteroatoms. The van der Waals surface area contributed by atoms with Gasteiger partial charge in [0.25, 0.3) is 11.8 Å². The molecule has 0 atom stereocenters. The molecule has 1 heterocycles. The van der Waals surface area contributed by atoms with Gasteiger partial charge in [-0.3, -0.25) is 14.8 Å². The van der Waals surface area contributed by atoms with Crippen LogP contribution in [0.5, 0.6) is 5.75 Å². The molecule has 0 saturated carbocycles. The van der Waals surface area contributed by atoms with Crippen LogP contribution in [0.25, 0.3) is 0 Å². The molecule has 2 rings (SSSR count). The number of aromatic nitrogens is 1. The van der Waals surface area contributed by atoms with Gasteiger partial charge in [0.15, 0.2) is 11.4 Å². The van der Waals surface area contributed by atoms with Gasteiger partial charge in [0.2, 0.25) is 0 Å². The third-order valence-corrected chi connectivity index (χ3v) is 3.62. The summed E-state index contributed by atoms with van der Waals surface area (Å²) in [6, 6.07) is 3.59. The molecule has 0 bridgehead atoms. The molecule has 2 amide bonds. The lowest BCUT2D eigenvalue weighted by molar-refractivity contribution is -0.0654. The SMILES string of the molecule is NC(=O)c1cnc(C(=O)N(O)Cc2ccc(F)c(Cl)c2)c(O)c1CO. The average Bonchev–Trinajstić information content (AvgIpc) is 2.57. The number of primary amides is 1. The van der Waals surface area contributed by atoms with Crippen LogP contribution in [-0.4, -0.2) is 37.3 Å². The zero-order chi connectivity index (χ0) is 18.7. The predicted molar refractivity (Wildman–Crippen MR) is 83.4 cm³/mol. The topological polar surface area (TPSA) is 137 Å². The second kappa shape index (κ2) is 7.43. The fraction of sp³-hybridized carbons (Fsp3) is 0.133. The van der Waals surface area contributed by atoms with Crippen LogP contribution in [0.15, 0.2) is 24.4 Å². The summed E-state index contributed by atoms with van der Waals surface area (Å²) in [5.74, 6) is -3.49. The fourth-order valence-corrected chi connectivity index (χ4v) is 2.28. The van der Waals surface area contributed by atoms with Crippen molar-refractivity contribution in [3.8, 4) is 5.75 Å². The molecule has 0 unspecified atom stereocenters. The van der Waals surface area contributed by atoms with Crippen molar-refractivity contribution in [2.75, 3.05) is 0 Å². The minimum Gasteiger partial charge on any atom is -0.505 e. The fourth-order valence-electron chi connectivity index (χ4n) is 2.07. The van der Waals surface area contributed by atoms with Crippen LogP contribution in [0, 0.1) is 5.82 Å². The smallest absolute Gasteiger partial charge is 0.299 e. The number of halogens is 2. The van der Waals surface area contributed by atoms with E-state index in [-0.39, 0.29) is 27.8 Å². The Bertz CT molecular complexity index is 846. The molecule has 25 heavy (non-hydrogen) atoms. The van der Waals surface area contributed by atoms with E-state index in [1.54, 1.807) is 0 Å². The maximum absolute atomic E-state index is 13.1. The highest BCUT2D eigenvalue weighted by atomic mass is 35.5. The van der Waals surface area contributed by atoms with Gasteiger partial charge in [-0.05, 0) is 17.7 Å². The lowest BCUT2D eigenvalue weighted by atomic mass is 10.1.